The molecular formula is C23H29ClN2O2S. The molecule has 0 aliphatic carbocycles. The van der Waals surface area contributed by atoms with Gasteiger partial charge >= 0.3 is 0 Å². The Hall–Kier alpha value is -1.98. The molecule has 0 unspecified atom stereocenters. The van der Waals surface area contributed by atoms with Crippen LogP contribution in [0.4, 0.5) is 0 Å². The molecule has 2 aromatic carbocycles. The number of nitrogens with one attached hydrogen (secondary N) is 1. The fourth-order valence-corrected chi connectivity index (χ4v) is 4.22. The predicted molar refractivity (Wildman–Crippen MR) is 122 cm³/mol. The number of carbonyl (C=O) groups is 2. The number of nitrogens with zero attached hydrogens (tertiary/aromatic N) is 1. The minimum atomic E-state index is -0.446. The van der Waals surface area contributed by atoms with Gasteiger partial charge in [0.15, 0.2) is 0 Å². The minimum Gasteiger partial charge on any atom is -0.355 e. The summed E-state index contributed by atoms with van der Waals surface area (Å²) in [5.41, 5.74) is 2.24. The number of thioether (sulfide) groups is 1. The first-order chi connectivity index (χ1) is 14.0. The lowest BCUT2D eigenvalue weighted by molar-refractivity contribution is -0.138. The van der Waals surface area contributed by atoms with Crippen molar-refractivity contribution in [2.24, 2.45) is 0 Å². The number of hydrogen-bond donors (Lipinski definition) is 1. The summed E-state index contributed by atoms with van der Waals surface area (Å²) < 4.78 is 0. The first-order valence-corrected chi connectivity index (χ1v) is 11.5. The van der Waals surface area contributed by atoms with E-state index in [4.69, 9.17) is 11.6 Å². The Kier molecular flexibility index (Phi) is 10.1. The van der Waals surface area contributed by atoms with E-state index in [1.165, 1.54) is 0 Å². The summed E-state index contributed by atoms with van der Waals surface area (Å²) in [5.74, 6) is 0.941. The smallest absolute Gasteiger partial charge is 0.242 e. The van der Waals surface area contributed by atoms with E-state index < -0.39 is 6.04 Å². The Morgan fingerprint density at radius 3 is 2.45 bits per heavy atom. The molecule has 29 heavy (non-hydrogen) atoms. The van der Waals surface area contributed by atoms with E-state index in [2.05, 4.69) is 5.32 Å². The van der Waals surface area contributed by atoms with E-state index in [9.17, 15) is 9.59 Å². The molecule has 2 amide bonds. The van der Waals surface area contributed by atoms with Gasteiger partial charge in [-0.05, 0) is 43.0 Å². The Bertz CT molecular complexity index is 785. The number of benzene rings is 2. The molecule has 2 rings (SSSR count). The van der Waals surface area contributed by atoms with Crippen LogP contribution < -0.4 is 5.32 Å². The zero-order chi connectivity index (χ0) is 21.1. The summed E-state index contributed by atoms with van der Waals surface area (Å²) >= 11 is 7.58. The number of rotatable bonds is 11. The van der Waals surface area contributed by atoms with Crippen molar-refractivity contribution in [2.75, 3.05) is 18.8 Å². The Morgan fingerprint density at radius 1 is 1.07 bits per heavy atom. The van der Waals surface area contributed by atoms with Crippen LogP contribution in [0.3, 0.4) is 0 Å². The zero-order valence-electron chi connectivity index (χ0n) is 17.1. The average molecular weight is 433 g/mol. The summed E-state index contributed by atoms with van der Waals surface area (Å²) in [7, 11) is 0. The van der Waals surface area contributed by atoms with E-state index in [0.717, 1.165) is 17.5 Å². The second-order valence-electron chi connectivity index (χ2n) is 6.76. The van der Waals surface area contributed by atoms with Gasteiger partial charge in [-0.2, -0.15) is 0 Å². The standard InChI is InChI=1S/C23H29ClN2O2S/c1-3-21(23(28)25-4-2)26(14-13-18-9-6-5-7-10-18)22(27)17-29-16-19-11-8-12-20(24)15-19/h5-12,15,21H,3-4,13-14,16-17H2,1-2H3,(H,25,28)/t21-/m0/s1. The van der Waals surface area contributed by atoms with Gasteiger partial charge in [-0.3, -0.25) is 9.59 Å². The maximum absolute atomic E-state index is 13.0. The van der Waals surface area contributed by atoms with Gasteiger partial charge in [0.05, 0.1) is 5.75 Å². The molecule has 4 nitrogen and oxygen atoms in total. The molecular weight excluding hydrogens is 404 g/mol. The lowest BCUT2D eigenvalue weighted by Gasteiger charge is -2.30. The summed E-state index contributed by atoms with van der Waals surface area (Å²) in [6.45, 7) is 4.92. The zero-order valence-corrected chi connectivity index (χ0v) is 18.6. The van der Waals surface area contributed by atoms with E-state index in [-0.39, 0.29) is 11.8 Å². The van der Waals surface area contributed by atoms with Crippen LogP contribution in [0.15, 0.2) is 54.6 Å². The first kappa shape index (κ1) is 23.3. The molecule has 6 heteroatoms. The maximum atomic E-state index is 13.0. The normalized spacial score (nSPS) is 11.7. The predicted octanol–water partition coefficient (Wildman–Crippen LogP) is 4.56. The van der Waals surface area contributed by atoms with Crippen molar-refractivity contribution in [1.82, 2.24) is 10.2 Å². The molecule has 0 aliphatic heterocycles. The summed E-state index contributed by atoms with van der Waals surface area (Å²) in [4.78, 5) is 27.3. The van der Waals surface area contributed by atoms with E-state index in [0.29, 0.717) is 36.0 Å². The van der Waals surface area contributed by atoms with Crippen molar-refractivity contribution >= 4 is 35.2 Å². The van der Waals surface area contributed by atoms with E-state index in [1.807, 2.05) is 68.4 Å². The minimum absolute atomic E-state index is 0.00828. The van der Waals surface area contributed by atoms with E-state index >= 15 is 0 Å². The van der Waals surface area contributed by atoms with Crippen LogP contribution in [0.5, 0.6) is 0 Å². The van der Waals surface area contributed by atoms with E-state index in [1.54, 1.807) is 16.7 Å². The number of carbonyl (C=O) groups excluding carboxylic acids is 2. The molecule has 0 bridgehead atoms. The second kappa shape index (κ2) is 12.6. The molecule has 1 N–H and O–H groups in total. The van der Waals surface area contributed by atoms with Crippen LogP contribution in [0.25, 0.3) is 0 Å². The molecule has 1 atom stereocenters. The molecule has 0 saturated carbocycles. The molecule has 0 heterocycles. The fraction of sp³-hybridized carbons (Fsp3) is 0.391. The highest BCUT2D eigenvalue weighted by Crippen LogP contribution is 2.18. The highest BCUT2D eigenvalue weighted by molar-refractivity contribution is 7.99. The van der Waals surface area contributed by atoms with Gasteiger partial charge in [0.2, 0.25) is 11.8 Å². The highest BCUT2D eigenvalue weighted by Gasteiger charge is 2.27. The topological polar surface area (TPSA) is 49.4 Å². The average Bonchev–Trinajstić information content (AvgIpc) is 2.72. The molecule has 0 radical (unpaired) electrons. The van der Waals surface area contributed by atoms with Crippen LogP contribution in [0, 0.1) is 0 Å². The fourth-order valence-electron chi connectivity index (χ4n) is 3.15. The van der Waals surface area contributed by atoms with Crippen molar-refractivity contribution in [1.29, 1.82) is 0 Å². The molecule has 0 aromatic heterocycles. The van der Waals surface area contributed by atoms with Gasteiger partial charge in [0, 0.05) is 23.9 Å². The quantitative estimate of drug-likeness (QED) is 0.566. The molecule has 156 valence electrons. The molecule has 0 spiro atoms. The van der Waals surface area contributed by atoms with Crippen LogP contribution in [0.2, 0.25) is 5.02 Å². The largest absolute Gasteiger partial charge is 0.355 e. The summed E-state index contributed by atoms with van der Waals surface area (Å²) in [6.07, 6.45) is 1.31. The van der Waals surface area contributed by atoms with Crippen molar-refractivity contribution in [3.63, 3.8) is 0 Å². The first-order valence-electron chi connectivity index (χ1n) is 9.98. The van der Waals surface area contributed by atoms with Crippen LogP contribution >= 0.6 is 23.4 Å². The van der Waals surface area contributed by atoms with Gasteiger partial charge in [-0.1, -0.05) is 61.0 Å². The van der Waals surface area contributed by atoms with Crippen LogP contribution in [-0.4, -0.2) is 41.6 Å². The van der Waals surface area contributed by atoms with Crippen molar-refractivity contribution in [3.05, 3.63) is 70.7 Å². The van der Waals surface area contributed by atoms with Gasteiger partial charge in [-0.15, -0.1) is 11.8 Å². The number of amides is 2. The number of halogens is 1. The number of likely N-dealkylation sites (N-methyl/N-ethyl adjacent to an activating group) is 1. The molecule has 0 saturated heterocycles. The third-order valence-electron chi connectivity index (χ3n) is 4.60. The summed E-state index contributed by atoms with van der Waals surface area (Å²) in [5, 5.41) is 3.56. The molecule has 0 aliphatic rings. The third kappa shape index (κ3) is 7.75. The van der Waals surface area contributed by atoms with Gasteiger partial charge < -0.3 is 10.2 Å². The lowest BCUT2D eigenvalue weighted by Crippen LogP contribution is -2.50. The van der Waals surface area contributed by atoms with Crippen LogP contribution in [-0.2, 0) is 21.8 Å². The van der Waals surface area contributed by atoms with Crippen molar-refractivity contribution in [2.45, 2.75) is 38.5 Å². The highest BCUT2D eigenvalue weighted by atomic mass is 35.5. The molecule has 0 fully saturated rings. The maximum Gasteiger partial charge on any atom is 0.242 e. The van der Waals surface area contributed by atoms with Gasteiger partial charge in [-0.25, -0.2) is 0 Å². The Morgan fingerprint density at radius 2 is 1.79 bits per heavy atom. The molecule has 2 aromatic rings. The van der Waals surface area contributed by atoms with Gasteiger partial charge in [0.1, 0.15) is 6.04 Å². The van der Waals surface area contributed by atoms with Crippen molar-refractivity contribution < 1.29 is 9.59 Å². The Balaban J connectivity index is 2.03. The monoisotopic (exact) mass is 432 g/mol. The van der Waals surface area contributed by atoms with Crippen molar-refractivity contribution in [3.8, 4) is 0 Å². The summed E-state index contributed by atoms with van der Waals surface area (Å²) in [6, 6.07) is 17.3. The lowest BCUT2D eigenvalue weighted by atomic mass is 10.1. The van der Waals surface area contributed by atoms with Gasteiger partial charge in [0.25, 0.3) is 0 Å². The third-order valence-corrected chi connectivity index (χ3v) is 5.83. The SMILES string of the molecule is CCNC(=O)[C@H](CC)N(CCc1ccccc1)C(=O)CSCc1cccc(Cl)c1. The Labute approximate surface area is 183 Å². The number of hydrogen-bond acceptors (Lipinski definition) is 3. The van der Waals surface area contributed by atoms with Crippen LogP contribution in [0.1, 0.15) is 31.4 Å². The second-order valence-corrected chi connectivity index (χ2v) is 8.19.